The third-order valence-corrected chi connectivity index (χ3v) is 11.4. The van der Waals surface area contributed by atoms with Crippen molar-refractivity contribution in [3.05, 3.63) is 74.2 Å². The lowest BCUT2D eigenvalue weighted by Crippen LogP contribution is -2.42. The van der Waals surface area contributed by atoms with Gasteiger partial charge in [0.2, 0.25) is 11.8 Å². The SMILES string of the molecule is CCOC(=O)c1ccc(N2C(=O)C3C(C2=O)[C@@H]2C[C@H]3C3Sc4[nH]c(=O)sc4C(c4ccccc4OC)C32)cc1. The predicted molar refractivity (Wildman–Crippen MR) is 146 cm³/mol. The molecule has 0 spiro atoms. The number of amides is 2. The highest BCUT2D eigenvalue weighted by atomic mass is 32.2. The number of carbonyl (C=O) groups excluding carboxylic acids is 3. The Morgan fingerprint density at radius 1 is 1.03 bits per heavy atom. The van der Waals surface area contributed by atoms with E-state index in [9.17, 15) is 19.2 Å². The number of methoxy groups -OCH3 is 1. The number of aromatic nitrogens is 1. The van der Waals surface area contributed by atoms with Crippen LogP contribution in [-0.2, 0) is 14.3 Å². The molecule has 3 heterocycles. The third kappa shape index (κ3) is 3.50. The van der Waals surface area contributed by atoms with Crippen molar-refractivity contribution >= 4 is 46.6 Å². The van der Waals surface area contributed by atoms with Gasteiger partial charge in [0.15, 0.2) is 0 Å². The van der Waals surface area contributed by atoms with E-state index in [4.69, 9.17) is 9.47 Å². The number of fused-ring (bicyclic) bond motifs is 9. The molecule has 8 nitrogen and oxygen atoms in total. The van der Waals surface area contributed by atoms with Crippen LogP contribution in [0.4, 0.5) is 5.69 Å². The van der Waals surface area contributed by atoms with Gasteiger partial charge in [-0.25, -0.2) is 4.79 Å². The highest BCUT2D eigenvalue weighted by molar-refractivity contribution is 8.00. The zero-order valence-corrected chi connectivity index (χ0v) is 22.9. The van der Waals surface area contributed by atoms with E-state index in [2.05, 4.69) is 4.98 Å². The second kappa shape index (κ2) is 9.09. The van der Waals surface area contributed by atoms with E-state index in [1.807, 2.05) is 24.3 Å². The Bertz CT molecular complexity index is 1560. The van der Waals surface area contributed by atoms with Crippen molar-refractivity contribution in [2.75, 3.05) is 18.6 Å². The van der Waals surface area contributed by atoms with E-state index in [0.29, 0.717) is 11.3 Å². The highest BCUT2D eigenvalue weighted by Crippen LogP contribution is 2.69. The topological polar surface area (TPSA) is 106 Å². The van der Waals surface area contributed by atoms with Crippen molar-refractivity contribution in [3.63, 3.8) is 0 Å². The molecule has 3 fully saturated rings. The smallest absolute Gasteiger partial charge is 0.338 e. The number of nitrogens with one attached hydrogen (secondary N) is 1. The van der Waals surface area contributed by atoms with Crippen LogP contribution in [0.3, 0.4) is 0 Å². The number of imide groups is 1. The monoisotopic (exact) mass is 562 g/mol. The van der Waals surface area contributed by atoms with Crippen LogP contribution in [0.1, 0.15) is 40.1 Å². The standard InChI is InChI=1S/C29H26N2O6S2/c1-3-37-28(34)13-8-10-14(11-9-13)31-26(32)21-16-12-17(22(21)27(31)33)23-20(16)19(15-6-4-5-7-18(15)36-2)24-25(38-23)30-29(35)39-24/h4-11,16-17,19-23H,3,12H2,1-2H3,(H,30,35)/t16-,17-,19?,20?,21?,22?,23?/m1/s1. The van der Waals surface area contributed by atoms with Crippen molar-refractivity contribution in [1.29, 1.82) is 0 Å². The van der Waals surface area contributed by atoms with E-state index in [1.165, 1.54) is 16.2 Å². The summed E-state index contributed by atoms with van der Waals surface area (Å²) in [6, 6.07) is 14.4. The average molecular weight is 563 g/mol. The van der Waals surface area contributed by atoms with Gasteiger partial charge in [-0.3, -0.25) is 19.3 Å². The summed E-state index contributed by atoms with van der Waals surface area (Å²) in [4.78, 5) is 57.5. The molecule has 4 aliphatic rings. The fourth-order valence-electron chi connectivity index (χ4n) is 7.50. The lowest BCUT2D eigenvalue weighted by atomic mass is 9.68. The molecule has 2 amide bonds. The van der Waals surface area contributed by atoms with Gasteiger partial charge in [-0.2, -0.15) is 0 Å². The van der Waals surface area contributed by atoms with Crippen molar-refractivity contribution in [2.24, 2.45) is 29.6 Å². The summed E-state index contributed by atoms with van der Waals surface area (Å²) < 4.78 is 10.8. The zero-order chi connectivity index (χ0) is 27.0. The number of anilines is 1. The normalized spacial score (nSPS) is 30.2. The van der Waals surface area contributed by atoms with Crippen LogP contribution in [-0.4, -0.2) is 41.7 Å². The van der Waals surface area contributed by atoms with Crippen molar-refractivity contribution < 1.29 is 23.9 Å². The molecule has 7 atom stereocenters. The first kappa shape index (κ1) is 24.7. The van der Waals surface area contributed by atoms with Crippen LogP contribution >= 0.6 is 23.1 Å². The predicted octanol–water partition coefficient (Wildman–Crippen LogP) is 4.30. The van der Waals surface area contributed by atoms with Crippen LogP contribution in [0, 0.1) is 29.6 Å². The van der Waals surface area contributed by atoms with E-state index < -0.39 is 11.9 Å². The van der Waals surface area contributed by atoms with Crippen LogP contribution in [0.5, 0.6) is 5.75 Å². The maximum Gasteiger partial charge on any atom is 0.338 e. The van der Waals surface area contributed by atoms with Crippen LogP contribution < -0.4 is 14.5 Å². The van der Waals surface area contributed by atoms with Crippen molar-refractivity contribution in [2.45, 2.75) is 29.5 Å². The second-order valence-electron chi connectivity index (χ2n) is 10.5. The average Bonchev–Trinajstić information content (AvgIpc) is 3.67. The maximum atomic E-state index is 13.9. The molecule has 10 heteroatoms. The minimum Gasteiger partial charge on any atom is -0.496 e. The molecule has 5 unspecified atom stereocenters. The maximum absolute atomic E-state index is 13.9. The van der Waals surface area contributed by atoms with Gasteiger partial charge in [0, 0.05) is 21.6 Å². The quantitative estimate of drug-likeness (QED) is 0.365. The van der Waals surface area contributed by atoms with Gasteiger partial charge in [0.1, 0.15) is 5.75 Å². The van der Waals surface area contributed by atoms with E-state index in [-0.39, 0.29) is 58.1 Å². The zero-order valence-electron chi connectivity index (χ0n) is 21.3. The Morgan fingerprint density at radius 3 is 2.46 bits per heavy atom. The number of esters is 1. The highest BCUT2D eigenvalue weighted by Gasteiger charge is 2.69. The first-order valence-corrected chi connectivity index (χ1v) is 14.8. The lowest BCUT2D eigenvalue weighted by molar-refractivity contribution is -0.123. The summed E-state index contributed by atoms with van der Waals surface area (Å²) in [5, 5.41) is 0.973. The van der Waals surface area contributed by atoms with Gasteiger partial charge >= 0.3 is 10.8 Å². The number of benzene rings is 2. The minimum absolute atomic E-state index is 0.0121. The summed E-state index contributed by atoms with van der Waals surface area (Å²) in [5.41, 5.74) is 1.87. The van der Waals surface area contributed by atoms with Crippen LogP contribution in [0.2, 0.25) is 0 Å². The molecule has 200 valence electrons. The number of ether oxygens (including phenoxy) is 2. The van der Waals surface area contributed by atoms with Gasteiger partial charge in [-0.05, 0) is 61.4 Å². The Labute approximate surface area is 232 Å². The number of para-hydroxylation sites is 1. The Balaban J connectivity index is 1.27. The molecule has 1 saturated heterocycles. The van der Waals surface area contributed by atoms with Gasteiger partial charge in [0.05, 0.1) is 41.8 Å². The molecule has 7 rings (SSSR count). The van der Waals surface area contributed by atoms with Gasteiger partial charge in [-0.1, -0.05) is 29.5 Å². The van der Waals surface area contributed by atoms with Gasteiger partial charge in [0.25, 0.3) is 0 Å². The van der Waals surface area contributed by atoms with Crippen LogP contribution in [0.15, 0.2) is 58.4 Å². The molecule has 3 aromatic rings. The molecule has 2 aliphatic carbocycles. The Kier molecular flexibility index (Phi) is 5.75. The Morgan fingerprint density at radius 2 is 1.74 bits per heavy atom. The second-order valence-corrected chi connectivity index (χ2v) is 12.7. The lowest BCUT2D eigenvalue weighted by Gasteiger charge is -2.43. The molecule has 1 N–H and O–H groups in total. The molecule has 0 radical (unpaired) electrons. The molecular weight excluding hydrogens is 536 g/mol. The summed E-state index contributed by atoms with van der Waals surface area (Å²) in [7, 11) is 1.65. The largest absolute Gasteiger partial charge is 0.496 e. The minimum atomic E-state index is -0.438. The number of carbonyl (C=O) groups is 3. The molecule has 2 bridgehead atoms. The summed E-state index contributed by atoms with van der Waals surface area (Å²) in [6.45, 7) is 2.01. The van der Waals surface area contributed by atoms with E-state index in [1.54, 1.807) is 50.1 Å². The number of thiazole rings is 1. The molecule has 39 heavy (non-hydrogen) atoms. The van der Waals surface area contributed by atoms with Crippen LogP contribution in [0.25, 0.3) is 0 Å². The number of rotatable bonds is 5. The van der Waals surface area contributed by atoms with Gasteiger partial charge in [-0.15, -0.1) is 11.8 Å². The van der Waals surface area contributed by atoms with E-state index in [0.717, 1.165) is 27.6 Å². The fourth-order valence-corrected chi connectivity index (χ4v) is 10.4. The molecular formula is C29H26N2O6S2. The fraction of sp³-hybridized carbons (Fsp3) is 0.379. The first-order valence-electron chi connectivity index (χ1n) is 13.1. The molecule has 2 aliphatic heterocycles. The molecule has 2 saturated carbocycles. The summed E-state index contributed by atoms with van der Waals surface area (Å²) in [5.74, 6) is -0.752. The summed E-state index contributed by atoms with van der Waals surface area (Å²) >= 11 is 2.90. The number of H-pyrrole nitrogens is 1. The third-order valence-electron chi connectivity index (χ3n) is 8.83. The van der Waals surface area contributed by atoms with Crippen molar-refractivity contribution in [3.8, 4) is 5.75 Å². The number of nitrogens with zero attached hydrogens (tertiary/aromatic N) is 1. The molecule has 2 aromatic carbocycles. The number of aromatic amines is 1. The Hall–Kier alpha value is -3.37. The number of hydrogen-bond donors (Lipinski definition) is 1. The van der Waals surface area contributed by atoms with Gasteiger partial charge < -0.3 is 14.5 Å². The summed E-state index contributed by atoms with van der Waals surface area (Å²) in [6.07, 6.45) is 0.815. The van der Waals surface area contributed by atoms with Crippen molar-refractivity contribution in [1.82, 2.24) is 4.98 Å². The molecule has 1 aromatic heterocycles. The number of thioether (sulfide) groups is 1. The number of hydrogen-bond acceptors (Lipinski definition) is 8. The van der Waals surface area contributed by atoms with E-state index >= 15 is 0 Å². The first-order chi connectivity index (χ1) is 18.9.